The molecule has 0 aliphatic rings. The van der Waals surface area contributed by atoms with E-state index in [4.69, 9.17) is 11.6 Å². The average molecular weight is 181 g/mol. The van der Waals surface area contributed by atoms with E-state index < -0.39 is 0 Å². The predicted molar refractivity (Wildman–Crippen MR) is 46.5 cm³/mol. The van der Waals surface area contributed by atoms with Gasteiger partial charge in [0.1, 0.15) is 5.15 Å². The Morgan fingerprint density at radius 3 is 3.17 bits per heavy atom. The van der Waals surface area contributed by atoms with E-state index in [0.717, 1.165) is 10.9 Å². The fraction of sp³-hybridized carbons (Fsp3) is 0. The zero-order valence-electron chi connectivity index (χ0n) is 6.04. The highest BCUT2D eigenvalue weighted by atomic mass is 35.5. The minimum atomic E-state index is 0.247. The quantitative estimate of drug-likeness (QED) is 0.539. The van der Waals surface area contributed by atoms with Gasteiger partial charge in [0.05, 0.1) is 17.3 Å². The molecule has 1 N–H and O–H groups in total. The molecule has 0 bridgehead atoms. The van der Waals surface area contributed by atoms with Crippen LogP contribution in [-0.4, -0.2) is 16.3 Å². The molecule has 2 aromatic rings. The van der Waals surface area contributed by atoms with E-state index in [-0.39, 0.29) is 5.15 Å². The number of hydrogen-bond acceptors (Lipinski definition) is 2. The smallest absolute Gasteiger partial charge is 0.153 e. The summed E-state index contributed by atoms with van der Waals surface area (Å²) >= 11 is 5.70. The number of nitrogens with one attached hydrogen (secondary N) is 1. The fourth-order valence-electron chi connectivity index (χ4n) is 1.14. The van der Waals surface area contributed by atoms with Gasteiger partial charge in [0.15, 0.2) is 6.29 Å². The second kappa shape index (κ2) is 2.60. The first-order chi connectivity index (χ1) is 5.83. The summed E-state index contributed by atoms with van der Waals surface area (Å²) in [6, 6.07) is 1.80. The first-order valence-corrected chi connectivity index (χ1v) is 3.77. The molecule has 3 nitrogen and oxygen atoms in total. The predicted octanol–water partition coefficient (Wildman–Crippen LogP) is 2.03. The number of rotatable bonds is 1. The molecule has 2 aromatic heterocycles. The summed E-state index contributed by atoms with van der Waals surface area (Å²) in [4.78, 5) is 17.4. The molecule has 0 amide bonds. The highest BCUT2D eigenvalue weighted by Gasteiger charge is 2.05. The number of aromatic amines is 1. The summed E-state index contributed by atoms with van der Waals surface area (Å²) in [6.07, 6.45) is 4.06. The Labute approximate surface area is 73.4 Å². The minimum absolute atomic E-state index is 0.247. The minimum Gasteiger partial charge on any atom is -0.360 e. The van der Waals surface area contributed by atoms with Crippen molar-refractivity contribution in [1.29, 1.82) is 0 Å². The Balaban J connectivity index is 2.91. The number of aromatic nitrogens is 2. The molecule has 0 saturated heterocycles. The van der Waals surface area contributed by atoms with Crippen molar-refractivity contribution in [3.63, 3.8) is 0 Å². The molecule has 2 rings (SSSR count). The maximum absolute atomic E-state index is 10.6. The summed E-state index contributed by atoms with van der Waals surface area (Å²) in [5, 5.41) is 1.06. The first-order valence-electron chi connectivity index (χ1n) is 3.39. The van der Waals surface area contributed by atoms with Gasteiger partial charge in [-0.05, 0) is 6.07 Å². The molecule has 60 valence electrons. The lowest BCUT2D eigenvalue weighted by atomic mass is 10.2. The van der Waals surface area contributed by atoms with Crippen molar-refractivity contribution in [3.8, 4) is 0 Å². The van der Waals surface area contributed by atoms with Crippen molar-refractivity contribution < 1.29 is 4.79 Å². The van der Waals surface area contributed by atoms with Crippen LogP contribution in [0.3, 0.4) is 0 Å². The number of nitrogens with zero attached hydrogens (tertiary/aromatic N) is 1. The van der Waals surface area contributed by atoms with Gasteiger partial charge >= 0.3 is 0 Å². The molecular formula is C8H5ClN2O. The number of carbonyl (C=O) groups is 1. The van der Waals surface area contributed by atoms with Crippen LogP contribution < -0.4 is 0 Å². The molecule has 2 heterocycles. The van der Waals surface area contributed by atoms with E-state index in [1.54, 1.807) is 18.5 Å². The SMILES string of the molecule is O=Cc1c(Cl)ncc2[nH]ccc12. The van der Waals surface area contributed by atoms with E-state index in [1.807, 2.05) is 0 Å². The van der Waals surface area contributed by atoms with Crippen LogP contribution >= 0.6 is 11.6 Å². The van der Waals surface area contributed by atoms with Gasteiger partial charge in [-0.2, -0.15) is 0 Å². The Bertz CT molecular complexity index is 436. The second-order valence-electron chi connectivity index (χ2n) is 2.39. The maximum Gasteiger partial charge on any atom is 0.153 e. The highest BCUT2D eigenvalue weighted by molar-refractivity contribution is 6.33. The highest BCUT2D eigenvalue weighted by Crippen LogP contribution is 2.20. The monoisotopic (exact) mass is 180 g/mol. The molecule has 0 fully saturated rings. The maximum atomic E-state index is 10.6. The van der Waals surface area contributed by atoms with E-state index in [2.05, 4.69) is 9.97 Å². The standard InChI is InChI=1S/C8H5ClN2O/c9-8-6(4-12)5-1-2-10-7(5)3-11-8/h1-4,10H. The molecule has 0 saturated carbocycles. The van der Waals surface area contributed by atoms with Crippen LogP contribution in [-0.2, 0) is 0 Å². The third kappa shape index (κ3) is 0.905. The Morgan fingerprint density at radius 2 is 2.42 bits per heavy atom. The Kier molecular flexibility index (Phi) is 1.59. The Hall–Kier alpha value is -1.35. The third-order valence-electron chi connectivity index (χ3n) is 1.72. The summed E-state index contributed by atoms with van der Waals surface area (Å²) < 4.78 is 0. The van der Waals surface area contributed by atoms with Gasteiger partial charge in [0, 0.05) is 11.6 Å². The zero-order chi connectivity index (χ0) is 8.55. The topological polar surface area (TPSA) is 45.8 Å². The van der Waals surface area contributed by atoms with Crippen molar-refractivity contribution in [2.75, 3.05) is 0 Å². The number of hydrogen-bond donors (Lipinski definition) is 1. The molecule has 0 aromatic carbocycles. The van der Waals surface area contributed by atoms with Gasteiger partial charge in [-0.25, -0.2) is 4.98 Å². The van der Waals surface area contributed by atoms with E-state index >= 15 is 0 Å². The van der Waals surface area contributed by atoms with E-state index in [9.17, 15) is 4.79 Å². The van der Waals surface area contributed by atoms with E-state index in [1.165, 1.54) is 0 Å². The lowest BCUT2D eigenvalue weighted by molar-refractivity contribution is 0.112. The molecule has 12 heavy (non-hydrogen) atoms. The molecule has 0 aliphatic heterocycles. The van der Waals surface area contributed by atoms with Crippen LogP contribution in [0.25, 0.3) is 10.9 Å². The fourth-order valence-corrected chi connectivity index (χ4v) is 1.33. The van der Waals surface area contributed by atoms with Crippen LogP contribution in [0.4, 0.5) is 0 Å². The van der Waals surface area contributed by atoms with Gasteiger partial charge in [-0.1, -0.05) is 11.6 Å². The van der Waals surface area contributed by atoms with Crippen molar-refractivity contribution >= 4 is 28.8 Å². The molecule has 0 atom stereocenters. The normalized spacial score (nSPS) is 10.4. The molecule has 0 spiro atoms. The summed E-state index contributed by atoms with van der Waals surface area (Å²) in [5.74, 6) is 0. The van der Waals surface area contributed by atoms with Gasteiger partial charge in [0.25, 0.3) is 0 Å². The zero-order valence-corrected chi connectivity index (χ0v) is 6.80. The average Bonchev–Trinajstić information content (AvgIpc) is 2.52. The van der Waals surface area contributed by atoms with E-state index in [0.29, 0.717) is 11.8 Å². The van der Waals surface area contributed by atoms with Crippen LogP contribution in [0, 0.1) is 0 Å². The summed E-state index contributed by atoms with van der Waals surface area (Å²) in [7, 11) is 0. The van der Waals surface area contributed by atoms with Gasteiger partial charge in [-0.15, -0.1) is 0 Å². The lowest BCUT2D eigenvalue weighted by Crippen LogP contribution is -1.86. The molecular weight excluding hydrogens is 176 g/mol. The van der Waals surface area contributed by atoms with Gasteiger partial charge in [-0.3, -0.25) is 4.79 Å². The molecule has 0 aliphatic carbocycles. The van der Waals surface area contributed by atoms with Crippen LogP contribution in [0.5, 0.6) is 0 Å². The Morgan fingerprint density at radius 1 is 1.58 bits per heavy atom. The van der Waals surface area contributed by atoms with Crippen molar-refractivity contribution in [3.05, 3.63) is 29.2 Å². The lowest BCUT2D eigenvalue weighted by Gasteiger charge is -1.95. The number of H-pyrrole nitrogens is 1. The van der Waals surface area contributed by atoms with Crippen LogP contribution in [0.1, 0.15) is 10.4 Å². The number of carbonyl (C=O) groups excluding carboxylic acids is 1. The van der Waals surface area contributed by atoms with Crippen LogP contribution in [0.15, 0.2) is 18.5 Å². The van der Waals surface area contributed by atoms with Crippen molar-refractivity contribution in [1.82, 2.24) is 9.97 Å². The number of pyridine rings is 1. The third-order valence-corrected chi connectivity index (χ3v) is 2.02. The van der Waals surface area contributed by atoms with Gasteiger partial charge in [0.2, 0.25) is 0 Å². The summed E-state index contributed by atoms with van der Waals surface area (Å²) in [6.45, 7) is 0. The molecule has 0 radical (unpaired) electrons. The second-order valence-corrected chi connectivity index (χ2v) is 2.74. The summed E-state index contributed by atoms with van der Waals surface area (Å²) in [5.41, 5.74) is 1.26. The molecule has 4 heteroatoms. The largest absolute Gasteiger partial charge is 0.360 e. The number of halogens is 1. The number of aldehydes is 1. The van der Waals surface area contributed by atoms with Crippen molar-refractivity contribution in [2.45, 2.75) is 0 Å². The molecule has 0 unspecified atom stereocenters. The van der Waals surface area contributed by atoms with Gasteiger partial charge < -0.3 is 4.98 Å². The first kappa shape index (κ1) is 7.31. The van der Waals surface area contributed by atoms with Crippen molar-refractivity contribution in [2.24, 2.45) is 0 Å². The number of fused-ring (bicyclic) bond motifs is 1. The van der Waals surface area contributed by atoms with Crippen LogP contribution in [0.2, 0.25) is 5.15 Å².